The first-order valence-corrected chi connectivity index (χ1v) is 41.9. The Balaban J connectivity index is 0.000000241. The zero-order valence-electron chi connectivity index (χ0n) is 71.0. The number of benzene rings is 3. The maximum Gasteiger partial charge on any atom is 0.312 e. The molecule has 3 fully saturated rings. The van der Waals surface area contributed by atoms with E-state index in [1.54, 1.807) is 62.5 Å². The Morgan fingerprint density at radius 1 is 0.379 bits per heavy atom. The number of aryl methyl sites for hydroxylation is 1. The van der Waals surface area contributed by atoms with Crippen LogP contribution < -0.4 is 48.2 Å². The fourth-order valence-corrected chi connectivity index (χ4v) is 14.6. The molecule has 9 N–H and O–H groups in total. The third-order valence-corrected chi connectivity index (χ3v) is 22.3. The van der Waals surface area contributed by atoms with Gasteiger partial charge in [0.15, 0.2) is 18.3 Å². The quantitative estimate of drug-likeness (QED) is 0.0867. The highest BCUT2D eigenvalue weighted by molar-refractivity contribution is 5.93. The molecule has 0 unspecified atom stereocenters. The number of nitrogens with one attached hydrogen (secondary N) is 9. The molecule has 3 aromatic rings. The molecule has 28 nitrogen and oxygen atoms in total. The van der Waals surface area contributed by atoms with Gasteiger partial charge in [0.25, 0.3) is 35.4 Å². The van der Waals surface area contributed by atoms with E-state index in [0.29, 0.717) is 77.4 Å². The van der Waals surface area contributed by atoms with Crippen molar-refractivity contribution in [3.05, 3.63) is 118 Å². The van der Waals surface area contributed by atoms with Gasteiger partial charge in [0.05, 0.1) is 36.1 Å². The Bertz CT molecular complexity index is 3900. The second-order valence-electron chi connectivity index (χ2n) is 33.0. The number of carbonyl (C=O) groups excluding carboxylic acids is 12. The Labute approximate surface area is 685 Å². The third-order valence-electron chi connectivity index (χ3n) is 22.3. The van der Waals surface area contributed by atoms with E-state index < -0.39 is 102 Å². The molecule has 0 saturated carbocycles. The summed E-state index contributed by atoms with van der Waals surface area (Å²) >= 11 is 0. The van der Waals surface area contributed by atoms with Crippen molar-refractivity contribution < 1.29 is 76.5 Å². The van der Waals surface area contributed by atoms with Crippen LogP contribution in [0.25, 0.3) is 12.2 Å². The molecule has 0 aliphatic carbocycles. The summed E-state index contributed by atoms with van der Waals surface area (Å²) in [6.45, 7) is 28.3. The fourth-order valence-electron chi connectivity index (χ4n) is 14.6. The minimum Gasteiger partial charge on any atom is -0.452 e. The largest absolute Gasteiger partial charge is 0.452 e. The van der Waals surface area contributed by atoms with Gasteiger partial charge in [0, 0.05) is 33.2 Å². The Hall–Kier alpha value is -9.38. The summed E-state index contributed by atoms with van der Waals surface area (Å²) in [5.74, 6) is -6.18. The van der Waals surface area contributed by atoms with Gasteiger partial charge in [-0.15, -0.1) is 0 Å². The van der Waals surface area contributed by atoms with Crippen molar-refractivity contribution in [3.8, 4) is 0 Å². The van der Waals surface area contributed by atoms with Crippen LogP contribution in [0.2, 0.25) is 0 Å². The number of nitrogens with zero attached hydrogens (tertiary/aromatic N) is 3. The van der Waals surface area contributed by atoms with Gasteiger partial charge in [-0.3, -0.25) is 72.6 Å². The van der Waals surface area contributed by atoms with E-state index in [1.807, 2.05) is 127 Å². The second kappa shape index (κ2) is 45.9. The van der Waals surface area contributed by atoms with Crippen LogP contribution >= 0.6 is 0 Å². The van der Waals surface area contributed by atoms with Gasteiger partial charge < -0.3 is 50.8 Å². The smallest absolute Gasteiger partial charge is 0.312 e. The predicted octanol–water partition coefficient (Wildman–Crippen LogP) is 9.34. The number of carbonyl (C=O) groups is 12. The van der Waals surface area contributed by atoms with E-state index in [1.165, 1.54) is 20.6 Å². The van der Waals surface area contributed by atoms with Crippen molar-refractivity contribution in [1.82, 2.24) is 63.2 Å². The van der Waals surface area contributed by atoms with Gasteiger partial charge >= 0.3 is 17.9 Å². The van der Waals surface area contributed by atoms with Crippen molar-refractivity contribution in [2.75, 3.05) is 26.7 Å². The van der Waals surface area contributed by atoms with Crippen molar-refractivity contribution in [2.45, 2.75) is 285 Å². The SMILES string of the molecule is CC(C)[C@@H]1OC(=O)CCCC/C=C/c2cccc(c2)[C@@H](C)NC(=O)[C@@H]2CCCN(N2)C(=O)[C@H](C)NC1=O.CC(C)[C@@H]1OC(=O)[C@H](C)[C@H](C)CCCCc2cccc(c2)[C@@H](C)NC(=O)[C@@H]2CCCN(N2)C(=O)[C@H](C)NC1=O.CO[C@@H]1CC/C=C/c2cccc(c2)[C@@H](C)NC(=O)[C@@H]2CCCN(N2)C(=O)[C@H](C)NC(=O)[C@H](C(C)C)OC(=O)[C@@H]1C. The van der Waals surface area contributed by atoms with Gasteiger partial charge in [-0.05, 0) is 208 Å². The van der Waals surface area contributed by atoms with E-state index in [2.05, 4.69) is 66.4 Å². The van der Waals surface area contributed by atoms with E-state index >= 15 is 0 Å². The molecule has 16 atom stereocenters. The molecule has 9 rings (SSSR count). The molecular weight excluding hydrogens is 1480 g/mol. The summed E-state index contributed by atoms with van der Waals surface area (Å²) in [7, 11) is 1.56. The van der Waals surface area contributed by atoms with Crippen molar-refractivity contribution in [1.29, 1.82) is 0 Å². The van der Waals surface area contributed by atoms with Gasteiger partial charge in [-0.25, -0.2) is 16.3 Å². The molecule has 28 heteroatoms. The highest BCUT2D eigenvalue weighted by Crippen LogP contribution is 2.27. The number of hydrazine groups is 3. The lowest BCUT2D eigenvalue weighted by atomic mass is 9.90. The zero-order valence-corrected chi connectivity index (χ0v) is 71.0. The normalized spacial score (nSPS) is 29.6. The molecule has 6 aliphatic heterocycles. The van der Waals surface area contributed by atoms with E-state index in [9.17, 15) is 57.5 Å². The van der Waals surface area contributed by atoms with Crippen LogP contribution in [-0.4, -0.2) is 174 Å². The number of rotatable bonds is 4. The lowest BCUT2D eigenvalue weighted by molar-refractivity contribution is -0.166. The molecule has 116 heavy (non-hydrogen) atoms. The number of ether oxygens (including phenoxy) is 4. The summed E-state index contributed by atoms with van der Waals surface area (Å²) < 4.78 is 22.4. The lowest BCUT2D eigenvalue weighted by Crippen LogP contribution is -2.61. The monoisotopic (exact) mass is 1610 g/mol. The van der Waals surface area contributed by atoms with Crippen LogP contribution in [0.1, 0.15) is 252 Å². The standard InChI is InChI=1S/C30H44N4O6.C30H46N4O5.C28H40N4O5/c1-18(2)26-28(36)32-21(5)29(37)34-16-10-14-24(33-34)27(35)31-20(4)23-13-9-12-22(17-23)11-7-8-15-25(39-6)19(3)30(38)40-26;1-18(2)26-28(36)32-22(6)29(37)34-16-10-15-25(33-34)27(35)31-21(5)24-14-9-13-23(17-24)12-8-7-11-19(3)20(4)30(38)39-26;1-18(2)25-27(35)30-20(4)28(36)32-16-10-14-23(31-32)26(34)29-19(3)22-13-9-12-21(17-22)11-7-5-6-8-15-24(33)37-25/h7,9,11-13,17-21,24-26,33H,8,10,14-16H2,1-6H3,(H,31,35)(H,32,36);9,13-14,17-22,25-26,33H,7-8,10-12,15-16H2,1-6H3,(H,31,35)(H,32,36);7,9,11-13,17-20,23,25,31H,5-6,8,10,14-16H2,1-4H3,(H,29,34)(H,30,35)/b11-7+;;11-7+/t19-,20-,21+,24+,25-,26+;19-,20-,21-,22+,25+,26+;19-,20+,23+,25+/m111/s1. The third kappa shape index (κ3) is 28.2. The molecule has 638 valence electrons. The molecule has 0 aromatic heterocycles. The Kier molecular flexibility index (Phi) is 37.1. The summed E-state index contributed by atoms with van der Waals surface area (Å²) in [5.41, 5.74) is 15.3. The van der Waals surface area contributed by atoms with E-state index in [-0.39, 0.29) is 89.6 Å². The van der Waals surface area contributed by atoms with Crippen LogP contribution in [0.5, 0.6) is 0 Å². The average Bonchev–Trinajstić information content (AvgIpc) is 0.839. The number of amides is 9. The molecule has 9 amide bonds. The lowest BCUT2D eigenvalue weighted by Gasteiger charge is -2.35. The number of hydrogen-bond acceptors (Lipinski definition) is 19. The molecule has 6 aliphatic rings. The van der Waals surface area contributed by atoms with Gasteiger partial charge in [0.2, 0.25) is 17.7 Å². The molecule has 0 spiro atoms. The van der Waals surface area contributed by atoms with E-state index in [0.717, 1.165) is 66.3 Å². The topological polar surface area (TPSA) is 360 Å². The average molecular weight is 1610 g/mol. The Morgan fingerprint density at radius 2 is 0.750 bits per heavy atom. The highest BCUT2D eigenvalue weighted by Gasteiger charge is 2.40. The maximum atomic E-state index is 13.2. The maximum absolute atomic E-state index is 13.2. The summed E-state index contributed by atoms with van der Waals surface area (Å²) in [4.78, 5) is 156. The predicted molar refractivity (Wildman–Crippen MR) is 441 cm³/mol. The molecule has 12 bridgehead atoms. The number of cyclic esters (lactones) is 3. The van der Waals surface area contributed by atoms with Crippen LogP contribution in [0.3, 0.4) is 0 Å². The van der Waals surface area contributed by atoms with Crippen LogP contribution in [-0.2, 0) is 82.9 Å². The molecule has 6 heterocycles. The van der Waals surface area contributed by atoms with Crippen LogP contribution in [0.15, 0.2) is 84.9 Å². The zero-order chi connectivity index (χ0) is 85.0. The van der Waals surface area contributed by atoms with Crippen LogP contribution in [0.4, 0.5) is 0 Å². The van der Waals surface area contributed by atoms with Crippen molar-refractivity contribution in [2.24, 2.45) is 35.5 Å². The molecular formula is C88H130N12O16. The number of fused-ring (bicyclic) bond motifs is 12. The van der Waals surface area contributed by atoms with Crippen LogP contribution in [0, 0.1) is 35.5 Å². The molecule has 3 aromatic carbocycles. The Morgan fingerprint density at radius 3 is 1.16 bits per heavy atom. The molecule has 3 saturated heterocycles. The minimum absolute atomic E-state index is 0.103. The highest BCUT2D eigenvalue weighted by atomic mass is 16.6. The number of hydrogen-bond donors (Lipinski definition) is 9. The number of allylic oxidation sites excluding steroid dienone is 2. The van der Waals surface area contributed by atoms with E-state index in [4.69, 9.17) is 18.9 Å². The number of esters is 3. The van der Waals surface area contributed by atoms with Crippen molar-refractivity contribution >= 4 is 83.2 Å². The first-order valence-electron chi connectivity index (χ1n) is 41.9. The summed E-state index contributed by atoms with van der Waals surface area (Å²) in [6.07, 6.45) is 15.9. The van der Waals surface area contributed by atoms with Crippen molar-refractivity contribution in [3.63, 3.8) is 0 Å². The van der Waals surface area contributed by atoms with Gasteiger partial charge in [-0.2, -0.15) is 0 Å². The first kappa shape index (κ1) is 93.8. The summed E-state index contributed by atoms with van der Waals surface area (Å²) in [6, 6.07) is 19.3. The minimum atomic E-state index is -1.07. The van der Waals surface area contributed by atoms with Gasteiger partial charge in [-0.1, -0.05) is 147 Å². The summed E-state index contributed by atoms with van der Waals surface area (Å²) in [5, 5.41) is 21.5. The molecule has 0 radical (unpaired) electrons. The fraction of sp³-hybridized carbons (Fsp3) is 0.614. The number of methoxy groups -OCH3 is 1. The second-order valence-corrected chi connectivity index (χ2v) is 33.0. The first-order chi connectivity index (χ1) is 55.1. The van der Waals surface area contributed by atoms with Gasteiger partial charge in [0.1, 0.15) is 36.3 Å².